The molecule has 126 valence electrons. The molecule has 0 fully saturated rings. The van der Waals surface area contributed by atoms with Crippen molar-refractivity contribution in [2.45, 2.75) is 6.61 Å². The maximum absolute atomic E-state index is 11.2. The highest BCUT2D eigenvalue weighted by atomic mass is 32.1. The third-order valence-electron chi connectivity index (χ3n) is 3.43. The molecule has 2 aromatic carbocycles. The molecule has 3 aromatic rings. The molecule has 25 heavy (non-hydrogen) atoms. The molecule has 0 radical (unpaired) electrons. The summed E-state index contributed by atoms with van der Waals surface area (Å²) < 4.78 is 10.4. The Morgan fingerprint density at radius 3 is 2.80 bits per heavy atom. The number of carbonyl (C=O) groups is 1. The van der Waals surface area contributed by atoms with Crippen LogP contribution in [0.3, 0.4) is 0 Å². The number of hydrogen-bond acceptors (Lipinski definition) is 5. The number of nitrogens with zero attached hydrogens (tertiary/aromatic N) is 1. The summed E-state index contributed by atoms with van der Waals surface area (Å²) >= 11 is 1.60. The van der Waals surface area contributed by atoms with E-state index in [1.807, 2.05) is 60.0 Å². The number of thiazole rings is 1. The molecule has 0 atom stereocenters. The number of aromatic nitrogens is 1. The molecule has 0 bridgehead atoms. The van der Waals surface area contributed by atoms with Gasteiger partial charge in [0, 0.05) is 17.0 Å². The standard InChI is InChI=1S/C20H17NO3S/c1-23-19(22)11-10-15-6-5-9-18(12-15)24-13-17-14-25-20(21-17)16-7-3-2-4-8-16/h2-12,14H,13H2,1H3/b11-10+. The van der Waals surface area contributed by atoms with Gasteiger partial charge in [0.2, 0.25) is 0 Å². The van der Waals surface area contributed by atoms with Crippen LogP contribution in [0.1, 0.15) is 11.3 Å². The van der Waals surface area contributed by atoms with Gasteiger partial charge in [-0.25, -0.2) is 9.78 Å². The van der Waals surface area contributed by atoms with Crippen LogP contribution in [0.25, 0.3) is 16.6 Å². The molecule has 0 aliphatic carbocycles. The van der Waals surface area contributed by atoms with Gasteiger partial charge < -0.3 is 9.47 Å². The Bertz CT molecular complexity index is 871. The van der Waals surface area contributed by atoms with Gasteiger partial charge >= 0.3 is 5.97 Å². The number of rotatable bonds is 6. The van der Waals surface area contributed by atoms with E-state index in [0.717, 1.165) is 27.6 Å². The number of esters is 1. The molecular formula is C20H17NO3S. The van der Waals surface area contributed by atoms with E-state index in [1.54, 1.807) is 17.4 Å². The van der Waals surface area contributed by atoms with Gasteiger partial charge in [0.05, 0.1) is 12.8 Å². The maximum Gasteiger partial charge on any atom is 0.330 e. The van der Waals surface area contributed by atoms with Gasteiger partial charge in [0.1, 0.15) is 17.4 Å². The first-order chi connectivity index (χ1) is 12.2. The Hall–Kier alpha value is -2.92. The molecule has 0 saturated carbocycles. The Balaban J connectivity index is 1.63. The summed E-state index contributed by atoms with van der Waals surface area (Å²) in [6, 6.07) is 17.6. The van der Waals surface area contributed by atoms with Crippen molar-refractivity contribution >= 4 is 23.4 Å². The largest absolute Gasteiger partial charge is 0.487 e. The van der Waals surface area contributed by atoms with E-state index in [4.69, 9.17) is 4.74 Å². The third kappa shape index (κ3) is 4.78. The number of hydrogen-bond donors (Lipinski definition) is 0. The highest BCUT2D eigenvalue weighted by molar-refractivity contribution is 7.13. The Morgan fingerprint density at radius 2 is 2.00 bits per heavy atom. The minimum Gasteiger partial charge on any atom is -0.487 e. The number of ether oxygens (including phenoxy) is 2. The summed E-state index contributed by atoms with van der Waals surface area (Å²) in [5, 5.41) is 2.98. The van der Waals surface area contributed by atoms with Crippen molar-refractivity contribution in [3.63, 3.8) is 0 Å². The van der Waals surface area contributed by atoms with Crippen LogP contribution in [0.15, 0.2) is 66.1 Å². The van der Waals surface area contributed by atoms with E-state index in [9.17, 15) is 4.79 Å². The predicted molar refractivity (Wildman–Crippen MR) is 99.4 cm³/mol. The molecular weight excluding hydrogens is 334 g/mol. The smallest absolute Gasteiger partial charge is 0.330 e. The minimum absolute atomic E-state index is 0.387. The van der Waals surface area contributed by atoms with Gasteiger partial charge in [-0.2, -0.15) is 0 Å². The van der Waals surface area contributed by atoms with Crippen LogP contribution < -0.4 is 4.74 Å². The Labute approximate surface area is 150 Å². The van der Waals surface area contributed by atoms with Crippen LogP contribution in [0, 0.1) is 0 Å². The molecule has 1 aromatic heterocycles. The van der Waals surface area contributed by atoms with Crippen LogP contribution >= 0.6 is 11.3 Å². The van der Waals surface area contributed by atoms with Crippen LogP contribution in [0.2, 0.25) is 0 Å². The summed E-state index contributed by atoms with van der Waals surface area (Å²) in [5.41, 5.74) is 2.86. The summed E-state index contributed by atoms with van der Waals surface area (Å²) in [6.07, 6.45) is 3.07. The van der Waals surface area contributed by atoms with Gasteiger partial charge in [-0.05, 0) is 23.8 Å². The summed E-state index contributed by atoms with van der Waals surface area (Å²) in [7, 11) is 1.35. The van der Waals surface area contributed by atoms with E-state index in [1.165, 1.54) is 13.2 Å². The fourth-order valence-electron chi connectivity index (χ4n) is 2.18. The molecule has 4 nitrogen and oxygen atoms in total. The number of methoxy groups -OCH3 is 1. The fraction of sp³-hybridized carbons (Fsp3) is 0.100. The SMILES string of the molecule is COC(=O)/C=C/c1cccc(OCc2csc(-c3ccccc3)n2)c1. The molecule has 1 heterocycles. The predicted octanol–water partition coefficient (Wildman–Crippen LogP) is 4.58. The first-order valence-electron chi connectivity index (χ1n) is 7.73. The minimum atomic E-state index is -0.387. The molecule has 0 aliphatic heterocycles. The third-order valence-corrected chi connectivity index (χ3v) is 4.37. The fourth-order valence-corrected chi connectivity index (χ4v) is 2.99. The topological polar surface area (TPSA) is 48.4 Å². The van der Waals surface area contributed by atoms with Crippen molar-refractivity contribution in [2.75, 3.05) is 7.11 Å². The second-order valence-electron chi connectivity index (χ2n) is 5.23. The zero-order valence-corrected chi connectivity index (χ0v) is 14.5. The normalized spacial score (nSPS) is 10.8. The summed E-state index contributed by atoms with van der Waals surface area (Å²) in [6.45, 7) is 0.396. The van der Waals surface area contributed by atoms with E-state index in [2.05, 4.69) is 9.72 Å². The van der Waals surface area contributed by atoms with Gasteiger partial charge in [-0.3, -0.25) is 0 Å². The lowest BCUT2D eigenvalue weighted by atomic mass is 10.2. The average molecular weight is 351 g/mol. The first kappa shape index (κ1) is 16.9. The molecule has 0 aliphatic rings. The summed E-state index contributed by atoms with van der Waals surface area (Å²) in [4.78, 5) is 15.8. The van der Waals surface area contributed by atoms with E-state index >= 15 is 0 Å². The second-order valence-corrected chi connectivity index (χ2v) is 6.09. The summed E-state index contributed by atoms with van der Waals surface area (Å²) in [5.74, 6) is 0.337. The van der Waals surface area contributed by atoms with Crippen molar-refractivity contribution in [1.29, 1.82) is 0 Å². The molecule has 0 amide bonds. The van der Waals surface area contributed by atoms with Crippen molar-refractivity contribution in [1.82, 2.24) is 4.98 Å². The van der Waals surface area contributed by atoms with Crippen LogP contribution in [-0.2, 0) is 16.1 Å². The lowest BCUT2D eigenvalue weighted by molar-refractivity contribution is -0.134. The van der Waals surface area contributed by atoms with E-state index in [0.29, 0.717) is 6.61 Å². The molecule has 0 N–H and O–H groups in total. The van der Waals surface area contributed by atoms with Gasteiger partial charge in [-0.15, -0.1) is 11.3 Å². The van der Waals surface area contributed by atoms with E-state index in [-0.39, 0.29) is 5.97 Å². The molecule has 0 unspecified atom stereocenters. The monoisotopic (exact) mass is 351 g/mol. The lowest BCUT2D eigenvalue weighted by Crippen LogP contribution is -1.96. The Kier molecular flexibility index (Phi) is 5.59. The molecule has 0 saturated heterocycles. The first-order valence-corrected chi connectivity index (χ1v) is 8.61. The average Bonchev–Trinajstić information content (AvgIpc) is 3.14. The zero-order valence-electron chi connectivity index (χ0n) is 13.7. The number of carbonyl (C=O) groups excluding carboxylic acids is 1. The highest BCUT2D eigenvalue weighted by Crippen LogP contribution is 2.24. The van der Waals surface area contributed by atoms with E-state index < -0.39 is 0 Å². The molecule has 3 rings (SSSR count). The Morgan fingerprint density at radius 1 is 1.16 bits per heavy atom. The second kappa shape index (κ2) is 8.26. The molecule has 0 spiro atoms. The highest BCUT2D eigenvalue weighted by Gasteiger charge is 2.05. The number of benzene rings is 2. The lowest BCUT2D eigenvalue weighted by Gasteiger charge is -2.05. The maximum atomic E-state index is 11.2. The van der Waals surface area contributed by atoms with Crippen molar-refractivity contribution < 1.29 is 14.3 Å². The van der Waals surface area contributed by atoms with Crippen molar-refractivity contribution in [3.05, 3.63) is 77.3 Å². The quantitative estimate of drug-likeness (QED) is 0.482. The molecule has 5 heteroatoms. The van der Waals surface area contributed by atoms with Crippen LogP contribution in [-0.4, -0.2) is 18.1 Å². The van der Waals surface area contributed by atoms with Gasteiger partial charge in [0.25, 0.3) is 0 Å². The van der Waals surface area contributed by atoms with Crippen LogP contribution in [0.5, 0.6) is 5.75 Å². The van der Waals surface area contributed by atoms with Crippen molar-refractivity contribution in [3.8, 4) is 16.3 Å². The zero-order chi connectivity index (χ0) is 17.5. The van der Waals surface area contributed by atoms with Crippen molar-refractivity contribution in [2.24, 2.45) is 0 Å². The van der Waals surface area contributed by atoms with Gasteiger partial charge in [0.15, 0.2) is 0 Å². The van der Waals surface area contributed by atoms with Crippen LogP contribution in [0.4, 0.5) is 0 Å². The van der Waals surface area contributed by atoms with Gasteiger partial charge in [-0.1, -0.05) is 42.5 Å².